The number of carbonyl (C=O) groups is 1. The van der Waals surface area contributed by atoms with Gasteiger partial charge in [-0.2, -0.15) is 0 Å². The van der Waals surface area contributed by atoms with Gasteiger partial charge in [-0.3, -0.25) is 4.79 Å². The third kappa shape index (κ3) is 5.44. The van der Waals surface area contributed by atoms with Crippen LogP contribution in [0.3, 0.4) is 0 Å². The van der Waals surface area contributed by atoms with Crippen LogP contribution >= 0.6 is 0 Å². The molecule has 0 fully saturated rings. The molecule has 0 saturated carbocycles. The Balaban J connectivity index is 2.13. The molecule has 1 amide bonds. The molecular formula is C33H43N4O2+. The third-order valence-corrected chi connectivity index (χ3v) is 7.82. The molecule has 6 nitrogen and oxygen atoms in total. The van der Waals surface area contributed by atoms with E-state index in [2.05, 4.69) is 79.6 Å². The smallest absolute Gasteiger partial charge is 0.254 e. The van der Waals surface area contributed by atoms with Gasteiger partial charge in [0.05, 0.1) is 6.07 Å². The highest BCUT2D eigenvalue weighted by Gasteiger charge is 2.24. The first kappa shape index (κ1) is 28.4. The van der Waals surface area contributed by atoms with E-state index in [4.69, 9.17) is 10.2 Å². The maximum Gasteiger partial charge on any atom is 0.254 e. The van der Waals surface area contributed by atoms with Gasteiger partial charge in [0.15, 0.2) is 0 Å². The highest BCUT2D eigenvalue weighted by Crippen LogP contribution is 2.42. The number of rotatable bonds is 10. The van der Waals surface area contributed by atoms with Gasteiger partial charge in [-0.25, -0.2) is 4.58 Å². The van der Waals surface area contributed by atoms with Crippen LogP contribution in [0.25, 0.3) is 33.4 Å². The summed E-state index contributed by atoms with van der Waals surface area (Å²) in [4.78, 5) is 18.0. The van der Waals surface area contributed by atoms with Crippen LogP contribution in [0.2, 0.25) is 0 Å². The number of fused-ring (bicyclic) bond motifs is 2. The van der Waals surface area contributed by atoms with Gasteiger partial charge < -0.3 is 20.0 Å². The zero-order valence-corrected chi connectivity index (χ0v) is 24.4. The largest absolute Gasteiger partial charge is 0.456 e. The van der Waals surface area contributed by atoms with Crippen LogP contribution in [-0.4, -0.2) is 50.1 Å². The van der Waals surface area contributed by atoms with E-state index in [1.165, 1.54) is 0 Å². The van der Waals surface area contributed by atoms with E-state index in [9.17, 15) is 4.79 Å². The van der Waals surface area contributed by atoms with Crippen molar-refractivity contribution in [3.63, 3.8) is 0 Å². The Morgan fingerprint density at radius 2 is 1.51 bits per heavy atom. The van der Waals surface area contributed by atoms with Crippen LogP contribution in [0.1, 0.15) is 57.5 Å². The topological polar surface area (TPSA) is 65.7 Å². The zero-order chi connectivity index (χ0) is 28.1. The van der Waals surface area contributed by atoms with Crippen LogP contribution in [-0.2, 0) is 6.54 Å². The molecule has 0 atom stereocenters. The molecule has 39 heavy (non-hydrogen) atoms. The Morgan fingerprint density at radius 3 is 2.13 bits per heavy atom. The van der Waals surface area contributed by atoms with Crippen molar-refractivity contribution in [3.8, 4) is 22.5 Å². The highest BCUT2D eigenvalue weighted by atomic mass is 16.3. The van der Waals surface area contributed by atoms with Gasteiger partial charge in [-0.15, -0.1) is 0 Å². The first-order valence-corrected chi connectivity index (χ1v) is 14.4. The molecule has 0 bridgehead atoms. The van der Waals surface area contributed by atoms with Crippen molar-refractivity contribution in [3.05, 3.63) is 71.1 Å². The molecule has 1 aliphatic carbocycles. The van der Waals surface area contributed by atoms with E-state index in [0.717, 1.165) is 76.2 Å². The van der Waals surface area contributed by atoms with Gasteiger partial charge in [0.1, 0.15) is 24.4 Å². The van der Waals surface area contributed by atoms with Crippen molar-refractivity contribution in [2.45, 2.75) is 48.1 Å². The van der Waals surface area contributed by atoms with Gasteiger partial charge in [0, 0.05) is 72.6 Å². The maximum absolute atomic E-state index is 13.8. The Kier molecular flexibility index (Phi) is 9.08. The summed E-state index contributed by atoms with van der Waals surface area (Å²) in [5, 5.41) is 2.11. The predicted molar refractivity (Wildman–Crippen MR) is 163 cm³/mol. The highest BCUT2D eigenvalue weighted by molar-refractivity contribution is 6.09. The molecule has 2 aliphatic rings. The average molecular weight is 528 g/mol. The van der Waals surface area contributed by atoms with E-state index >= 15 is 0 Å². The first-order chi connectivity index (χ1) is 18.9. The fourth-order valence-electron chi connectivity index (χ4n) is 5.52. The number of nitrogens with two attached hydrogens (primary N) is 1. The zero-order valence-electron chi connectivity index (χ0n) is 24.4. The lowest BCUT2D eigenvalue weighted by molar-refractivity contribution is 0.0773. The monoisotopic (exact) mass is 527 g/mol. The van der Waals surface area contributed by atoms with E-state index in [1.807, 2.05) is 30.9 Å². The number of nitrogens with zero attached hydrogens (tertiary/aromatic N) is 3. The van der Waals surface area contributed by atoms with Crippen LogP contribution in [0, 0.1) is 0 Å². The van der Waals surface area contributed by atoms with Crippen molar-refractivity contribution < 1.29 is 9.21 Å². The molecule has 1 aliphatic heterocycles. The van der Waals surface area contributed by atoms with Crippen molar-refractivity contribution in [2.75, 3.05) is 44.2 Å². The SMILES string of the molecule is CCN(CC)C(=O)c1cc(CN)ccc1-c1c2ccc(=[N+](CC)CC)cc-2oc2cc(N(CC)CC)ccc12. The Hall–Kier alpha value is -3.64. The summed E-state index contributed by atoms with van der Waals surface area (Å²) < 4.78 is 8.95. The van der Waals surface area contributed by atoms with E-state index in [0.29, 0.717) is 25.2 Å². The summed E-state index contributed by atoms with van der Waals surface area (Å²) in [6, 6.07) is 18.9. The molecule has 2 aromatic carbocycles. The van der Waals surface area contributed by atoms with Gasteiger partial charge in [0.25, 0.3) is 5.91 Å². The minimum absolute atomic E-state index is 0.0203. The van der Waals surface area contributed by atoms with Crippen molar-refractivity contribution in [2.24, 2.45) is 5.73 Å². The molecule has 2 aromatic rings. The van der Waals surface area contributed by atoms with Crippen molar-refractivity contribution in [1.82, 2.24) is 9.48 Å². The third-order valence-electron chi connectivity index (χ3n) is 7.82. The number of benzene rings is 3. The lowest BCUT2D eigenvalue weighted by atomic mass is 9.89. The summed E-state index contributed by atoms with van der Waals surface area (Å²) >= 11 is 0. The average Bonchev–Trinajstić information content (AvgIpc) is 2.97. The van der Waals surface area contributed by atoms with Gasteiger partial charge in [-0.1, -0.05) is 12.1 Å². The minimum atomic E-state index is 0.0203. The minimum Gasteiger partial charge on any atom is -0.456 e. The number of carbonyl (C=O) groups excluding carboxylic acids is 1. The second-order valence-electron chi connectivity index (χ2n) is 9.74. The summed E-state index contributed by atoms with van der Waals surface area (Å²) in [5.41, 5.74) is 12.5. The second kappa shape index (κ2) is 12.5. The number of anilines is 1. The molecule has 0 radical (unpaired) electrons. The van der Waals surface area contributed by atoms with Crippen LogP contribution in [0.15, 0.2) is 59.0 Å². The summed E-state index contributed by atoms with van der Waals surface area (Å²) in [7, 11) is 0. The molecule has 1 heterocycles. The molecule has 0 unspecified atom stereocenters. The molecule has 0 spiro atoms. The van der Waals surface area contributed by atoms with E-state index in [1.54, 1.807) is 0 Å². The van der Waals surface area contributed by atoms with Crippen LogP contribution < -0.4 is 20.6 Å². The van der Waals surface area contributed by atoms with Gasteiger partial charge in [0.2, 0.25) is 5.36 Å². The lowest BCUT2D eigenvalue weighted by Crippen LogP contribution is -2.31. The van der Waals surface area contributed by atoms with E-state index < -0.39 is 0 Å². The molecule has 6 heteroatoms. The second-order valence-corrected chi connectivity index (χ2v) is 9.74. The molecular weight excluding hydrogens is 484 g/mol. The summed E-state index contributed by atoms with van der Waals surface area (Å²) in [6.45, 7) is 18.0. The molecule has 206 valence electrons. The Labute approximate surface area is 232 Å². The first-order valence-electron chi connectivity index (χ1n) is 14.4. The lowest BCUT2D eigenvalue weighted by Gasteiger charge is -2.24. The normalized spacial score (nSPS) is 11.3. The quantitative estimate of drug-likeness (QED) is 0.209. The van der Waals surface area contributed by atoms with Crippen molar-refractivity contribution in [1.29, 1.82) is 0 Å². The van der Waals surface area contributed by atoms with Crippen LogP contribution in [0.5, 0.6) is 0 Å². The molecule has 0 aromatic heterocycles. The van der Waals surface area contributed by atoms with Crippen LogP contribution in [0.4, 0.5) is 5.69 Å². The number of amides is 1. The fraction of sp³-hybridized carbons (Fsp3) is 0.394. The van der Waals surface area contributed by atoms with Gasteiger partial charge in [-0.05, 0) is 76.9 Å². The van der Waals surface area contributed by atoms with E-state index in [-0.39, 0.29) is 5.91 Å². The number of hydrogen-bond acceptors (Lipinski definition) is 4. The molecule has 0 saturated heterocycles. The summed E-state index contributed by atoms with van der Waals surface area (Å²) in [5.74, 6) is 0.828. The molecule has 2 N–H and O–H groups in total. The maximum atomic E-state index is 13.8. The van der Waals surface area contributed by atoms with Crippen molar-refractivity contribution >= 4 is 22.6 Å². The standard InChI is InChI=1S/C33H43N4O2/c1-7-35(8-2)24-14-17-27-30(20-24)39-31-21-25(36(9-3)10-4)15-18-28(31)32(27)26-16-13-23(22-34)19-29(26)33(38)37(11-5)12-6/h13-21H,7-12,22,34H2,1-6H3/q+1. The van der Waals surface area contributed by atoms with Gasteiger partial charge >= 0.3 is 0 Å². The predicted octanol–water partition coefficient (Wildman–Crippen LogP) is 5.80. The Morgan fingerprint density at radius 1 is 0.821 bits per heavy atom. The summed E-state index contributed by atoms with van der Waals surface area (Å²) in [6.07, 6.45) is 0. The molecule has 4 rings (SSSR count). The fourth-order valence-corrected chi connectivity index (χ4v) is 5.52. The number of hydrogen-bond donors (Lipinski definition) is 1. The Bertz CT molecular complexity index is 1490.